The van der Waals surface area contributed by atoms with Crippen molar-refractivity contribution in [3.8, 4) is 0 Å². The molecule has 27 heavy (non-hydrogen) atoms. The van der Waals surface area contributed by atoms with Crippen LogP contribution in [0.25, 0.3) is 10.2 Å². The molecule has 2 N–H and O–H groups in total. The first-order chi connectivity index (χ1) is 13.2. The van der Waals surface area contributed by atoms with Crippen molar-refractivity contribution >= 4 is 27.5 Å². The van der Waals surface area contributed by atoms with Crippen molar-refractivity contribution in [3.63, 3.8) is 0 Å². The average molecular weight is 380 g/mol. The zero-order valence-corrected chi connectivity index (χ0v) is 15.5. The lowest BCUT2D eigenvalue weighted by Gasteiger charge is -2.17. The number of hydrogen-bond donors (Lipinski definition) is 2. The molecule has 2 aliphatic rings. The molecule has 138 valence electrons. The molecule has 1 spiro atoms. The van der Waals surface area contributed by atoms with Gasteiger partial charge in [0.15, 0.2) is 0 Å². The highest BCUT2D eigenvalue weighted by Crippen LogP contribution is 2.68. The molecule has 2 heterocycles. The number of fused-ring (bicyclic) bond motifs is 1. The van der Waals surface area contributed by atoms with Gasteiger partial charge in [-0.25, -0.2) is 4.98 Å². The van der Waals surface area contributed by atoms with E-state index in [-0.39, 0.29) is 24.3 Å². The van der Waals surface area contributed by atoms with E-state index in [1.54, 1.807) is 10.4 Å². The van der Waals surface area contributed by atoms with E-state index in [1.165, 1.54) is 11.3 Å². The van der Waals surface area contributed by atoms with Crippen LogP contribution in [0.1, 0.15) is 21.8 Å². The number of likely N-dealkylation sites (tertiary alicyclic amines) is 1. The van der Waals surface area contributed by atoms with E-state index in [0.29, 0.717) is 18.7 Å². The van der Waals surface area contributed by atoms with E-state index in [4.69, 9.17) is 0 Å². The molecular formula is C21H20N2O3S. The predicted molar refractivity (Wildman–Crippen MR) is 104 cm³/mol. The third-order valence-electron chi connectivity index (χ3n) is 6.27. The number of benzene rings is 2. The number of nitrogens with zero attached hydrogens (tertiary/aromatic N) is 2. The quantitative estimate of drug-likeness (QED) is 0.732. The maximum absolute atomic E-state index is 13.2. The maximum Gasteiger partial charge on any atom is 0.255 e. The molecule has 1 aliphatic heterocycles. The summed E-state index contributed by atoms with van der Waals surface area (Å²) in [6, 6.07) is 15.6. The third kappa shape index (κ3) is 2.37. The van der Waals surface area contributed by atoms with Crippen LogP contribution in [0.5, 0.6) is 0 Å². The Morgan fingerprint density at radius 2 is 2.04 bits per heavy atom. The summed E-state index contributed by atoms with van der Waals surface area (Å²) < 4.78 is 0.882. The number of β-amino-alcohol motifs (C(OH)–C–C–N with tert-alkyl or cyclic N) is 1. The van der Waals surface area contributed by atoms with Gasteiger partial charge in [-0.3, -0.25) is 4.79 Å². The van der Waals surface area contributed by atoms with Gasteiger partial charge in [-0.1, -0.05) is 36.4 Å². The van der Waals surface area contributed by atoms with Crippen LogP contribution in [0.2, 0.25) is 0 Å². The SMILES string of the molecule is O=C(c1cccc2ncsc12)N1C[C@H](O)[C@@]2(C1)[C@H](CO)[C@H]2c1ccccc1. The lowest BCUT2D eigenvalue weighted by molar-refractivity contribution is 0.0766. The van der Waals surface area contributed by atoms with Gasteiger partial charge >= 0.3 is 0 Å². The summed E-state index contributed by atoms with van der Waals surface area (Å²) in [7, 11) is 0. The zero-order valence-electron chi connectivity index (χ0n) is 14.7. The lowest BCUT2D eigenvalue weighted by Crippen LogP contribution is -2.29. The van der Waals surface area contributed by atoms with Gasteiger partial charge in [-0.05, 0) is 29.5 Å². The summed E-state index contributed by atoms with van der Waals surface area (Å²) in [5.41, 5.74) is 3.87. The minimum Gasteiger partial charge on any atom is -0.396 e. The molecule has 2 fully saturated rings. The Morgan fingerprint density at radius 1 is 1.22 bits per heavy atom. The molecule has 5 nitrogen and oxygen atoms in total. The number of carbonyl (C=O) groups is 1. The molecule has 1 aliphatic carbocycles. The monoisotopic (exact) mass is 380 g/mol. The van der Waals surface area contributed by atoms with Crippen LogP contribution < -0.4 is 0 Å². The average Bonchev–Trinajstić information content (AvgIpc) is 2.95. The maximum atomic E-state index is 13.2. The molecule has 1 aromatic heterocycles. The molecule has 3 aromatic rings. The molecule has 0 bridgehead atoms. The van der Waals surface area contributed by atoms with Crippen molar-refractivity contribution in [2.24, 2.45) is 11.3 Å². The lowest BCUT2D eigenvalue weighted by atomic mass is 9.95. The van der Waals surface area contributed by atoms with Gasteiger partial charge in [-0.2, -0.15) is 0 Å². The Morgan fingerprint density at radius 3 is 2.81 bits per heavy atom. The smallest absolute Gasteiger partial charge is 0.255 e. The summed E-state index contributed by atoms with van der Waals surface area (Å²) in [5, 5.41) is 20.8. The van der Waals surface area contributed by atoms with E-state index < -0.39 is 11.5 Å². The van der Waals surface area contributed by atoms with Crippen LogP contribution in [0.3, 0.4) is 0 Å². The number of aromatic nitrogens is 1. The Labute approximate surface area is 160 Å². The Balaban J connectivity index is 1.46. The van der Waals surface area contributed by atoms with Gasteiger partial charge in [0.2, 0.25) is 0 Å². The number of thiazole rings is 1. The number of rotatable bonds is 3. The van der Waals surface area contributed by atoms with Gasteiger partial charge in [0.25, 0.3) is 5.91 Å². The largest absolute Gasteiger partial charge is 0.396 e. The van der Waals surface area contributed by atoms with Gasteiger partial charge in [0.05, 0.1) is 27.4 Å². The highest BCUT2D eigenvalue weighted by Gasteiger charge is 2.71. The Kier molecular flexibility index (Phi) is 3.82. The standard InChI is InChI=1S/C21H20N2O3S/c24-10-15-18(13-5-2-1-3-6-13)21(15)11-23(9-17(21)25)20(26)14-7-4-8-16-19(14)27-12-22-16/h1-8,12,15,17-18,24-25H,9-11H2/t15-,17+,18-,21-/m1/s1. The van der Waals surface area contributed by atoms with E-state index in [9.17, 15) is 15.0 Å². The first-order valence-corrected chi connectivity index (χ1v) is 10.00. The molecule has 1 saturated carbocycles. The van der Waals surface area contributed by atoms with E-state index in [2.05, 4.69) is 4.98 Å². The molecule has 1 saturated heterocycles. The zero-order chi connectivity index (χ0) is 18.6. The second kappa shape index (κ2) is 6.12. The highest BCUT2D eigenvalue weighted by atomic mass is 32.1. The minimum atomic E-state index is -0.635. The van der Waals surface area contributed by atoms with Crippen LogP contribution in [-0.2, 0) is 0 Å². The highest BCUT2D eigenvalue weighted by molar-refractivity contribution is 7.17. The van der Waals surface area contributed by atoms with Gasteiger partial charge in [0, 0.05) is 25.1 Å². The van der Waals surface area contributed by atoms with Crippen LogP contribution in [0.4, 0.5) is 0 Å². The van der Waals surface area contributed by atoms with Crippen molar-refractivity contribution in [2.75, 3.05) is 19.7 Å². The number of hydrogen-bond acceptors (Lipinski definition) is 5. The summed E-state index contributed by atoms with van der Waals surface area (Å²) in [4.78, 5) is 19.2. The summed E-state index contributed by atoms with van der Waals surface area (Å²) in [6.45, 7) is 0.782. The Hall–Kier alpha value is -2.28. The number of amides is 1. The molecule has 2 aromatic carbocycles. The summed E-state index contributed by atoms with van der Waals surface area (Å²) in [5.74, 6) is -0.0150. The van der Waals surface area contributed by atoms with Gasteiger partial charge in [0.1, 0.15) is 0 Å². The van der Waals surface area contributed by atoms with Crippen molar-refractivity contribution in [1.29, 1.82) is 0 Å². The van der Waals surface area contributed by atoms with Crippen LogP contribution in [0, 0.1) is 11.3 Å². The molecule has 1 amide bonds. The number of carbonyl (C=O) groups excluding carboxylic acids is 1. The topological polar surface area (TPSA) is 73.7 Å². The van der Waals surface area contributed by atoms with Crippen molar-refractivity contribution in [2.45, 2.75) is 12.0 Å². The van der Waals surface area contributed by atoms with Crippen LogP contribution in [0.15, 0.2) is 54.0 Å². The first kappa shape index (κ1) is 16.9. The van der Waals surface area contributed by atoms with Crippen LogP contribution in [-0.4, -0.2) is 51.8 Å². The number of aliphatic hydroxyl groups excluding tert-OH is 2. The molecule has 0 unspecified atom stereocenters. The number of aliphatic hydroxyl groups is 2. The Bertz CT molecular complexity index is 1000. The van der Waals surface area contributed by atoms with Crippen molar-refractivity contribution < 1.29 is 15.0 Å². The molecule has 5 rings (SSSR count). The minimum absolute atomic E-state index is 0.0169. The fourth-order valence-corrected chi connectivity index (χ4v) is 5.74. The summed E-state index contributed by atoms with van der Waals surface area (Å²) in [6.07, 6.45) is -0.635. The second-order valence-electron chi connectivity index (χ2n) is 7.50. The molecule has 0 radical (unpaired) electrons. The van der Waals surface area contributed by atoms with Crippen LogP contribution >= 0.6 is 11.3 Å². The third-order valence-corrected chi connectivity index (χ3v) is 7.15. The van der Waals surface area contributed by atoms with Gasteiger partial charge < -0.3 is 15.1 Å². The molecule has 4 atom stereocenters. The van der Waals surface area contributed by atoms with E-state index >= 15 is 0 Å². The fourth-order valence-electron chi connectivity index (χ4n) is 4.95. The van der Waals surface area contributed by atoms with Crippen molar-refractivity contribution in [3.05, 3.63) is 65.2 Å². The second-order valence-corrected chi connectivity index (χ2v) is 8.35. The van der Waals surface area contributed by atoms with E-state index in [1.807, 2.05) is 48.5 Å². The van der Waals surface area contributed by atoms with Gasteiger partial charge in [-0.15, -0.1) is 11.3 Å². The van der Waals surface area contributed by atoms with E-state index in [0.717, 1.165) is 15.8 Å². The predicted octanol–water partition coefficient (Wildman–Crippen LogP) is 2.51. The van der Waals surface area contributed by atoms with Crippen molar-refractivity contribution in [1.82, 2.24) is 9.88 Å². The first-order valence-electron chi connectivity index (χ1n) is 9.12. The fraction of sp³-hybridized carbons (Fsp3) is 0.333. The molecular weight excluding hydrogens is 360 g/mol. The normalized spacial score (nSPS) is 29.6. The molecule has 6 heteroatoms. The summed E-state index contributed by atoms with van der Waals surface area (Å²) >= 11 is 1.46.